The van der Waals surface area contributed by atoms with Gasteiger partial charge in [-0.05, 0) is 23.6 Å². The number of hydrogen-bond donors (Lipinski definition) is 1. The van der Waals surface area contributed by atoms with Crippen molar-refractivity contribution in [2.75, 3.05) is 7.11 Å². The van der Waals surface area contributed by atoms with Crippen LogP contribution in [0.25, 0.3) is 0 Å². The standard InChI is InChI=1S/C12H9Cl2NO2S/c1-17-8-5-4-7(10(13)11(8)14)12(15-16)9-3-2-6-18-9/h2-6,16H,1H3/b15-12-. The third-order valence-electron chi connectivity index (χ3n) is 2.38. The molecule has 6 heteroatoms. The predicted octanol–water partition coefficient (Wildman–Crippen LogP) is 4.29. The summed E-state index contributed by atoms with van der Waals surface area (Å²) in [5, 5.41) is 14.9. The summed E-state index contributed by atoms with van der Waals surface area (Å²) < 4.78 is 5.07. The molecule has 1 aromatic carbocycles. The lowest BCUT2D eigenvalue weighted by Crippen LogP contribution is -2.02. The lowest BCUT2D eigenvalue weighted by atomic mass is 10.1. The fourth-order valence-corrected chi connectivity index (χ4v) is 2.73. The van der Waals surface area contributed by atoms with Crippen LogP contribution in [0.5, 0.6) is 5.75 Å². The Bertz CT molecular complexity index is 582. The van der Waals surface area contributed by atoms with Crippen molar-refractivity contribution in [3.8, 4) is 5.75 Å². The molecular formula is C12H9Cl2NO2S. The van der Waals surface area contributed by atoms with Gasteiger partial charge in [-0.1, -0.05) is 34.4 Å². The molecule has 0 bridgehead atoms. The van der Waals surface area contributed by atoms with Crippen LogP contribution in [0.1, 0.15) is 10.4 Å². The summed E-state index contributed by atoms with van der Waals surface area (Å²) >= 11 is 13.7. The molecule has 0 radical (unpaired) electrons. The van der Waals surface area contributed by atoms with Crippen molar-refractivity contribution in [2.45, 2.75) is 0 Å². The average molecular weight is 302 g/mol. The predicted molar refractivity (Wildman–Crippen MR) is 74.8 cm³/mol. The molecule has 1 aromatic heterocycles. The van der Waals surface area contributed by atoms with E-state index in [1.165, 1.54) is 18.4 Å². The van der Waals surface area contributed by atoms with Crippen molar-refractivity contribution in [1.29, 1.82) is 0 Å². The Kier molecular flexibility index (Phi) is 4.11. The van der Waals surface area contributed by atoms with E-state index in [1.54, 1.807) is 12.1 Å². The number of hydrogen-bond acceptors (Lipinski definition) is 4. The minimum Gasteiger partial charge on any atom is -0.495 e. The first-order valence-corrected chi connectivity index (χ1v) is 6.61. The van der Waals surface area contributed by atoms with Crippen LogP contribution in [0.4, 0.5) is 0 Å². The van der Waals surface area contributed by atoms with Crippen molar-refractivity contribution in [3.63, 3.8) is 0 Å². The normalized spacial score (nSPS) is 11.6. The van der Waals surface area contributed by atoms with Crippen molar-refractivity contribution >= 4 is 40.3 Å². The number of benzene rings is 1. The van der Waals surface area contributed by atoms with Crippen LogP contribution in [0, 0.1) is 0 Å². The van der Waals surface area contributed by atoms with Crippen LogP contribution >= 0.6 is 34.5 Å². The third-order valence-corrected chi connectivity index (χ3v) is 4.12. The fourth-order valence-electron chi connectivity index (χ4n) is 1.52. The van der Waals surface area contributed by atoms with Gasteiger partial charge < -0.3 is 9.94 Å². The van der Waals surface area contributed by atoms with Crippen LogP contribution in [-0.2, 0) is 0 Å². The molecule has 1 heterocycles. The van der Waals surface area contributed by atoms with Crippen LogP contribution in [0.3, 0.4) is 0 Å². The number of ether oxygens (including phenoxy) is 1. The number of oxime groups is 1. The lowest BCUT2D eigenvalue weighted by Gasteiger charge is -2.09. The summed E-state index contributed by atoms with van der Waals surface area (Å²) in [4.78, 5) is 0.806. The molecule has 0 atom stereocenters. The minimum atomic E-state index is 0.300. The highest BCUT2D eigenvalue weighted by atomic mass is 35.5. The SMILES string of the molecule is COc1ccc(/C(=N/O)c2cccs2)c(Cl)c1Cl. The Labute approximate surface area is 118 Å². The van der Waals surface area contributed by atoms with E-state index in [2.05, 4.69) is 5.16 Å². The average Bonchev–Trinajstić information content (AvgIpc) is 2.89. The van der Waals surface area contributed by atoms with E-state index in [9.17, 15) is 0 Å². The van der Waals surface area contributed by atoms with Gasteiger partial charge in [0.25, 0.3) is 0 Å². The summed E-state index contributed by atoms with van der Waals surface area (Å²) in [5.41, 5.74) is 0.951. The summed E-state index contributed by atoms with van der Waals surface area (Å²) in [6, 6.07) is 7.10. The fraction of sp³-hybridized carbons (Fsp3) is 0.0833. The first-order chi connectivity index (χ1) is 8.69. The Morgan fingerprint density at radius 2 is 2.06 bits per heavy atom. The molecule has 0 spiro atoms. The van der Waals surface area contributed by atoms with E-state index < -0.39 is 0 Å². The highest BCUT2D eigenvalue weighted by Crippen LogP contribution is 2.36. The quantitative estimate of drug-likeness (QED) is 0.522. The molecule has 0 saturated heterocycles. The maximum atomic E-state index is 9.15. The van der Waals surface area contributed by atoms with Gasteiger partial charge in [0.2, 0.25) is 0 Å². The van der Waals surface area contributed by atoms with Gasteiger partial charge in [0.15, 0.2) is 0 Å². The largest absolute Gasteiger partial charge is 0.495 e. The first kappa shape index (κ1) is 13.2. The Balaban J connectivity index is 2.55. The zero-order valence-corrected chi connectivity index (χ0v) is 11.7. The summed E-state index contributed by atoms with van der Waals surface area (Å²) in [5.74, 6) is 0.480. The molecule has 0 aliphatic heterocycles. The second-order valence-corrected chi connectivity index (χ2v) is 5.07. The van der Waals surface area contributed by atoms with Gasteiger partial charge in [0.1, 0.15) is 16.5 Å². The molecule has 0 saturated carbocycles. The van der Waals surface area contributed by atoms with Gasteiger partial charge in [-0.3, -0.25) is 0 Å². The highest BCUT2D eigenvalue weighted by molar-refractivity contribution is 7.12. The Morgan fingerprint density at radius 1 is 1.28 bits per heavy atom. The number of rotatable bonds is 3. The van der Waals surface area contributed by atoms with Crippen molar-refractivity contribution < 1.29 is 9.94 Å². The molecule has 18 heavy (non-hydrogen) atoms. The van der Waals surface area contributed by atoms with E-state index in [1.807, 2.05) is 17.5 Å². The molecular weight excluding hydrogens is 293 g/mol. The molecule has 0 aliphatic rings. The molecule has 0 unspecified atom stereocenters. The monoisotopic (exact) mass is 301 g/mol. The van der Waals surface area contributed by atoms with E-state index in [4.69, 9.17) is 33.1 Å². The molecule has 0 fully saturated rings. The van der Waals surface area contributed by atoms with E-state index in [0.717, 1.165) is 4.88 Å². The molecule has 2 rings (SSSR count). The maximum absolute atomic E-state index is 9.15. The molecule has 0 aliphatic carbocycles. The Morgan fingerprint density at radius 3 is 2.61 bits per heavy atom. The molecule has 0 amide bonds. The van der Waals surface area contributed by atoms with Gasteiger partial charge in [0.05, 0.1) is 17.0 Å². The third kappa shape index (κ3) is 2.32. The second-order valence-electron chi connectivity index (χ2n) is 3.37. The van der Waals surface area contributed by atoms with Gasteiger partial charge in [-0.15, -0.1) is 11.3 Å². The number of thiophene rings is 1. The number of methoxy groups -OCH3 is 1. The first-order valence-electron chi connectivity index (χ1n) is 4.97. The zero-order valence-electron chi connectivity index (χ0n) is 9.35. The highest BCUT2D eigenvalue weighted by Gasteiger charge is 2.17. The lowest BCUT2D eigenvalue weighted by molar-refractivity contribution is 0.320. The van der Waals surface area contributed by atoms with Gasteiger partial charge in [-0.25, -0.2) is 0 Å². The van der Waals surface area contributed by atoms with Gasteiger partial charge in [0, 0.05) is 5.56 Å². The van der Waals surface area contributed by atoms with Gasteiger partial charge in [-0.2, -0.15) is 0 Å². The van der Waals surface area contributed by atoms with Crippen LogP contribution in [0.2, 0.25) is 10.0 Å². The minimum absolute atomic E-state index is 0.300. The van der Waals surface area contributed by atoms with Crippen molar-refractivity contribution in [2.24, 2.45) is 5.16 Å². The number of halogens is 2. The van der Waals surface area contributed by atoms with Crippen molar-refractivity contribution in [3.05, 3.63) is 50.1 Å². The molecule has 94 valence electrons. The smallest absolute Gasteiger partial charge is 0.139 e. The second kappa shape index (κ2) is 5.61. The van der Waals surface area contributed by atoms with Crippen molar-refractivity contribution in [1.82, 2.24) is 0 Å². The van der Waals surface area contributed by atoms with Crippen LogP contribution in [0.15, 0.2) is 34.8 Å². The molecule has 2 aromatic rings. The van der Waals surface area contributed by atoms with E-state index in [0.29, 0.717) is 27.1 Å². The Hall–Kier alpha value is -1.23. The zero-order chi connectivity index (χ0) is 13.1. The molecule has 3 nitrogen and oxygen atoms in total. The van der Waals surface area contributed by atoms with E-state index in [-0.39, 0.29) is 0 Å². The van der Waals surface area contributed by atoms with E-state index >= 15 is 0 Å². The van der Waals surface area contributed by atoms with Crippen LogP contribution in [-0.4, -0.2) is 18.0 Å². The number of nitrogens with zero attached hydrogens (tertiary/aromatic N) is 1. The van der Waals surface area contributed by atoms with Crippen LogP contribution < -0.4 is 4.74 Å². The maximum Gasteiger partial charge on any atom is 0.139 e. The summed E-state index contributed by atoms with van der Waals surface area (Å²) in [6.07, 6.45) is 0. The summed E-state index contributed by atoms with van der Waals surface area (Å²) in [6.45, 7) is 0. The van der Waals surface area contributed by atoms with Gasteiger partial charge >= 0.3 is 0 Å². The summed E-state index contributed by atoms with van der Waals surface area (Å²) in [7, 11) is 1.51. The topological polar surface area (TPSA) is 41.8 Å². The molecule has 1 N–H and O–H groups in total.